The topological polar surface area (TPSA) is 6.48 Å². The van der Waals surface area contributed by atoms with E-state index in [0.29, 0.717) is 0 Å². The first-order valence-corrected chi connectivity index (χ1v) is 19.3. The molecule has 0 unspecified atom stereocenters. The van der Waals surface area contributed by atoms with Crippen molar-refractivity contribution in [3.8, 4) is 22.3 Å². The van der Waals surface area contributed by atoms with Crippen molar-refractivity contribution < 1.29 is 0 Å². The molecule has 0 saturated carbocycles. The largest absolute Gasteiger partial charge is 0.310 e. The molecular formula is C51H46N2. The maximum Gasteiger partial charge on any atom is 0.0543 e. The van der Waals surface area contributed by atoms with Crippen molar-refractivity contribution in [2.45, 2.75) is 70.6 Å². The van der Waals surface area contributed by atoms with Crippen molar-refractivity contribution in [1.29, 1.82) is 0 Å². The maximum absolute atomic E-state index is 2.59. The molecule has 2 heteroatoms. The first-order valence-electron chi connectivity index (χ1n) is 19.3. The van der Waals surface area contributed by atoms with Gasteiger partial charge in [0.05, 0.1) is 11.4 Å². The number of hydrogen-bond donors (Lipinski definition) is 0. The zero-order chi connectivity index (χ0) is 36.3. The average Bonchev–Trinajstić information content (AvgIpc) is 3.41. The Balaban J connectivity index is 1.08. The number of nitrogens with zero attached hydrogens (tertiary/aromatic N) is 2. The van der Waals surface area contributed by atoms with Crippen LogP contribution in [0.25, 0.3) is 22.3 Å². The van der Waals surface area contributed by atoms with Crippen molar-refractivity contribution in [3.05, 3.63) is 185 Å². The van der Waals surface area contributed by atoms with Gasteiger partial charge in [-0.25, -0.2) is 0 Å². The Morgan fingerprint density at radius 3 is 1.91 bits per heavy atom. The Labute approximate surface area is 314 Å². The summed E-state index contributed by atoms with van der Waals surface area (Å²) in [5, 5.41) is 0. The van der Waals surface area contributed by atoms with E-state index >= 15 is 0 Å². The lowest BCUT2D eigenvalue weighted by Crippen LogP contribution is -2.40. The molecule has 4 aliphatic rings. The third kappa shape index (κ3) is 4.51. The maximum atomic E-state index is 2.59. The fourth-order valence-corrected chi connectivity index (χ4v) is 10.0. The van der Waals surface area contributed by atoms with Gasteiger partial charge in [0.2, 0.25) is 0 Å². The van der Waals surface area contributed by atoms with Gasteiger partial charge in [-0.2, -0.15) is 0 Å². The molecule has 0 amide bonds. The highest BCUT2D eigenvalue weighted by Gasteiger charge is 2.46. The molecule has 0 fully saturated rings. The Morgan fingerprint density at radius 2 is 1.11 bits per heavy atom. The van der Waals surface area contributed by atoms with Gasteiger partial charge in [-0.05, 0) is 123 Å². The molecular weight excluding hydrogens is 641 g/mol. The summed E-state index contributed by atoms with van der Waals surface area (Å²) >= 11 is 0. The molecule has 10 rings (SSSR count). The Kier molecular flexibility index (Phi) is 6.78. The quantitative estimate of drug-likeness (QED) is 0.182. The molecule has 0 N–H and O–H groups in total. The van der Waals surface area contributed by atoms with Crippen molar-refractivity contribution in [3.63, 3.8) is 0 Å². The van der Waals surface area contributed by atoms with E-state index in [1.807, 2.05) is 0 Å². The fourth-order valence-electron chi connectivity index (χ4n) is 10.0. The molecule has 0 aromatic heterocycles. The summed E-state index contributed by atoms with van der Waals surface area (Å²) in [4.78, 5) is 5.00. The van der Waals surface area contributed by atoms with E-state index < -0.39 is 0 Å². The second-order valence-electron chi connectivity index (χ2n) is 16.9. The minimum Gasteiger partial charge on any atom is -0.310 e. The Morgan fingerprint density at radius 1 is 0.491 bits per heavy atom. The van der Waals surface area contributed by atoms with Gasteiger partial charge >= 0.3 is 0 Å². The number of fused-ring (bicyclic) bond motifs is 6. The van der Waals surface area contributed by atoms with Crippen LogP contribution in [0.3, 0.4) is 0 Å². The number of para-hydroxylation sites is 2. The molecule has 0 spiro atoms. The summed E-state index contributed by atoms with van der Waals surface area (Å²) in [6.45, 7) is 14.4. The van der Waals surface area contributed by atoms with E-state index in [0.717, 1.165) is 29.9 Å². The second kappa shape index (κ2) is 11.2. The third-order valence-corrected chi connectivity index (χ3v) is 13.0. The van der Waals surface area contributed by atoms with Crippen molar-refractivity contribution in [1.82, 2.24) is 0 Å². The predicted octanol–water partition coefficient (Wildman–Crippen LogP) is 13.8. The van der Waals surface area contributed by atoms with Gasteiger partial charge in [0.15, 0.2) is 0 Å². The van der Waals surface area contributed by atoms with Gasteiger partial charge in [-0.15, -0.1) is 0 Å². The summed E-state index contributed by atoms with van der Waals surface area (Å²) in [6, 6.07) is 50.1. The van der Waals surface area contributed by atoms with Gasteiger partial charge < -0.3 is 9.80 Å². The highest BCUT2D eigenvalue weighted by Crippen LogP contribution is 2.59. The highest BCUT2D eigenvalue weighted by molar-refractivity contribution is 5.90. The van der Waals surface area contributed by atoms with Crippen LogP contribution in [0.1, 0.15) is 82.2 Å². The average molecular weight is 687 g/mol. The number of hydrogen-bond acceptors (Lipinski definition) is 2. The zero-order valence-corrected chi connectivity index (χ0v) is 31.7. The molecule has 2 heterocycles. The van der Waals surface area contributed by atoms with Gasteiger partial charge in [-0.3, -0.25) is 0 Å². The molecule has 260 valence electrons. The van der Waals surface area contributed by atoms with Crippen molar-refractivity contribution in [2.24, 2.45) is 0 Å². The van der Waals surface area contributed by atoms with Gasteiger partial charge in [0.25, 0.3) is 0 Å². The number of allylic oxidation sites excluding steroid dienone is 3. The lowest BCUT2D eigenvalue weighted by molar-refractivity contribution is 0.555. The molecule has 2 nitrogen and oxygen atoms in total. The van der Waals surface area contributed by atoms with Crippen molar-refractivity contribution in [2.75, 3.05) is 9.80 Å². The van der Waals surface area contributed by atoms with Crippen LogP contribution >= 0.6 is 0 Å². The summed E-state index contributed by atoms with van der Waals surface area (Å²) in [7, 11) is 0. The second-order valence-corrected chi connectivity index (χ2v) is 16.9. The van der Waals surface area contributed by atoms with Gasteiger partial charge in [0.1, 0.15) is 0 Å². The number of benzene rings is 6. The minimum atomic E-state index is -0.188. The molecule has 2 aliphatic carbocycles. The normalized spacial score (nSPS) is 17.7. The Hall–Kier alpha value is -5.60. The van der Waals surface area contributed by atoms with Gasteiger partial charge in [-0.1, -0.05) is 133 Å². The first-order chi connectivity index (χ1) is 25.6. The molecule has 6 aromatic carbocycles. The summed E-state index contributed by atoms with van der Waals surface area (Å²) in [5.74, 6) is 0. The SMILES string of the molecule is CC1(C)C2=C(C=CCC2)N2c3ccc(N(c4ccccc4)c4ccc(-c5ccc6c(c5)C(C)(C)c5ccccc5-6)cc4)cc3C(C)(C)c3cccc1c32. The Bertz CT molecular complexity index is 2530. The van der Waals surface area contributed by atoms with Crippen LogP contribution in [0.2, 0.25) is 0 Å². The predicted molar refractivity (Wildman–Crippen MR) is 223 cm³/mol. The van der Waals surface area contributed by atoms with E-state index in [1.165, 1.54) is 67.1 Å². The summed E-state index contributed by atoms with van der Waals surface area (Å²) in [5.41, 5.74) is 21.0. The molecule has 0 bridgehead atoms. The molecule has 6 aromatic rings. The van der Waals surface area contributed by atoms with E-state index in [4.69, 9.17) is 0 Å². The zero-order valence-electron chi connectivity index (χ0n) is 31.7. The van der Waals surface area contributed by atoms with E-state index in [1.54, 1.807) is 5.57 Å². The van der Waals surface area contributed by atoms with Crippen LogP contribution in [0, 0.1) is 0 Å². The fraction of sp³-hybridized carbons (Fsp3) is 0.216. The minimum absolute atomic E-state index is 0.00721. The van der Waals surface area contributed by atoms with Crippen LogP contribution in [0.5, 0.6) is 0 Å². The van der Waals surface area contributed by atoms with Gasteiger partial charge in [0, 0.05) is 39.0 Å². The van der Waals surface area contributed by atoms with Crippen LogP contribution in [0.15, 0.2) is 157 Å². The number of rotatable bonds is 4. The first kappa shape index (κ1) is 32.1. The van der Waals surface area contributed by atoms with E-state index in [9.17, 15) is 0 Å². The van der Waals surface area contributed by atoms with Crippen LogP contribution in [0.4, 0.5) is 28.4 Å². The third-order valence-electron chi connectivity index (χ3n) is 13.0. The number of anilines is 5. The standard InChI is InChI=1S/C51H46N2/c1-49(2)40-18-11-10-17-38(40)39-29-25-34(31-44(39)49)33-23-26-36(27-24-33)52(35-15-8-7-9-16-35)37-28-30-47-45(32-37)51(5,6)43-21-14-20-42-48(43)53(47)46-22-13-12-19-41(46)50(42,3)4/h7-11,13-18,20-32H,12,19H2,1-6H3. The smallest absolute Gasteiger partial charge is 0.0543 e. The van der Waals surface area contributed by atoms with Crippen molar-refractivity contribution >= 4 is 28.4 Å². The molecule has 0 radical (unpaired) electrons. The summed E-state index contributed by atoms with van der Waals surface area (Å²) < 4.78 is 0. The monoisotopic (exact) mass is 686 g/mol. The lowest BCUT2D eigenvalue weighted by Gasteiger charge is -2.50. The molecule has 0 atom stereocenters. The highest BCUT2D eigenvalue weighted by atomic mass is 15.2. The van der Waals surface area contributed by atoms with Crippen LogP contribution in [-0.4, -0.2) is 0 Å². The summed E-state index contributed by atoms with van der Waals surface area (Å²) in [6.07, 6.45) is 6.95. The van der Waals surface area contributed by atoms with Crippen LogP contribution in [-0.2, 0) is 16.2 Å². The molecule has 53 heavy (non-hydrogen) atoms. The van der Waals surface area contributed by atoms with E-state index in [2.05, 4.69) is 197 Å². The molecule has 0 saturated heterocycles. The molecule has 2 aliphatic heterocycles. The van der Waals surface area contributed by atoms with Crippen LogP contribution < -0.4 is 9.80 Å². The van der Waals surface area contributed by atoms with E-state index in [-0.39, 0.29) is 16.2 Å². The lowest BCUT2D eigenvalue weighted by atomic mass is 9.65.